The largest absolute Gasteiger partial charge is 0.496 e. The first kappa shape index (κ1) is 20.5. The predicted molar refractivity (Wildman–Crippen MR) is 97.3 cm³/mol. The van der Waals surface area contributed by atoms with Crippen molar-refractivity contribution in [2.24, 2.45) is 0 Å². The number of carbonyl (C=O) groups excluding carboxylic acids is 2. The summed E-state index contributed by atoms with van der Waals surface area (Å²) in [7, 11) is -1.71. The van der Waals surface area contributed by atoms with Gasteiger partial charge in [0.1, 0.15) is 11.3 Å². The van der Waals surface area contributed by atoms with Gasteiger partial charge in [0.2, 0.25) is 0 Å². The van der Waals surface area contributed by atoms with Crippen LogP contribution in [0.2, 0.25) is 5.02 Å². The Balaban J connectivity index is 2.10. The van der Waals surface area contributed by atoms with Crippen LogP contribution in [0.25, 0.3) is 0 Å². The molecule has 0 aromatic heterocycles. The minimum Gasteiger partial charge on any atom is -0.496 e. The first-order valence-electron chi connectivity index (χ1n) is 8.24. The zero-order valence-corrected chi connectivity index (χ0v) is 16.5. The van der Waals surface area contributed by atoms with Crippen LogP contribution in [-0.4, -0.2) is 62.5 Å². The summed E-state index contributed by atoms with van der Waals surface area (Å²) in [4.78, 5) is 26.5. The van der Waals surface area contributed by atoms with Crippen LogP contribution in [-0.2, 0) is 19.4 Å². The van der Waals surface area contributed by atoms with Crippen molar-refractivity contribution in [1.29, 1.82) is 0 Å². The monoisotopic (exact) mass is 403 g/mol. The Hall–Kier alpha value is -1.80. The zero-order chi connectivity index (χ0) is 19.5. The molecule has 0 saturated carbocycles. The molecule has 0 bridgehead atoms. The molecule has 0 aliphatic carbocycles. The van der Waals surface area contributed by atoms with E-state index in [0.717, 1.165) is 0 Å². The average Bonchev–Trinajstić information content (AvgIpc) is 2.94. The van der Waals surface area contributed by atoms with E-state index in [1.165, 1.54) is 31.1 Å². The van der Waals surface area contributed by atoms with Gasteiger partial charge in [-0.3, -0.25) is 4.79 Å². The number of esters is 1. The van der Waals surface area contributed by atoms with Crippen molar-refractivity contribution >= 4 is 33.3 Å². The Labute approximate surface area is 158 Å². The van der Waals surface area contributed by atoms with Gasteiger partial charge < -0.3 is 14.4 Å². The van der Waals surface area contributed by atoms with E-state index in [4.69, 9.17) is 21.1 Å². The van der Waals surface area contributed by atoms with Gasteiger partial charge in [-0.2, -0.15) is 0 Å². The van der Waals surface area contributed by atoms with E-state index in [0.29, 0.717) is 18.0 Å². The molecule has 1 heterocycles. The predicted octanol–water partition coefficient (Wildman–Crippen LogP) is 1.93. The second-order valence-electron chi connectivity index (χ2n) is 6.07. The van der Waals surface area contributed by atoms with Crippen LogP contribution in [0.5, 0.6) is 5.75 Å². The van der Waals surface area contributed by atoms with Crippen LogP contribution < -0.4 is 4.74 Å². The Kier molecular flexibility index (Phi) is 6.52. The second-order valence-corrected chi connectivity index (χ2v) is 8.74. The van der Waals surface area contributed by atoms with Gasteiger partial charge in [0.05, 0.1) is 18.6 Å². The van der Waals surface area contributed by atoms with Gasteiger partial charge >= 0.3 is 5.97 Å². The molecule has 0 unspecified atom stereocenters. The van der Waals surface area contributed by atoms with Crippen molar-refractivity contribution in [1.82, 2.24) is 4.90 Å². The molecule has 7 nitrogen and oxygen atoms in total. The van der Waals surface area contributed by atoms with Gasteiger partial charge in [-0.25, -0.2) is 13.2 Å². The SMILES string of the molecule is CCN(C(=O)[C@@H](C)OC(=O)c1cc(Cl)ccc1OC)[C@@H]1CCS(=O)(=O)C1. The summed E-state index contributed by atoms with van der Waals surface area (Å²) in [5.41, 5.74) is 0.117. The second kappa shape index (κ2) is 8.26. The number of likely N-dealkylation sites (N-methyl/N-ethyl adjacent to an activating group) is 1. The minimum absolute atomic E-state index is 0.0602. The van der Waals surface area contributed by atoms with Crippen LogP contribution in [0.15, 0.2) is 18.2 Å². The third kappa shape index (κ3) is 4.67. The molecule has 1 aromatic rings. The maximum Gasteiger partial charge on any atom is 0.342 e. The molecule has 1 fully saturated rings. The molecule has 0 N–H and O–H groups in total. The fraction of sp³-hybridized carbons (Fsp3) is 0.529. The highest BCUT2D eigenvalue weighted by Gasteiger charge is 2.36. The average molecular weight is 404 g/mol. The smallest absolute Gasteiger partial charge is 0.342 e. The minimum atomic E-state index is -3.12. The maximum absolute atomic E-state index is 12.7. The highest BCUT2D eigenvalue weighted by Crippen LogP contribution is 2.24. The highest BCUT2D eigenvalue weighted by molar-refractivity contribution is 7.91. The first-order valence-corrected chi connectivity index (χ1v) is 10.4. The Morgan fingerprint density at radius 2 is 2.08 bits per heavy atom. The summed E-state index contributed by atoms with van der Waals surface area (Å²) in [5, 5.41) is 0.336. The number of benzene rings is 1. The van der Waals surface area contributed by atoms with E-state index in [9.17, 15) is 18.0 Å². The number of hydrogen-bond acceptors (Lipinski definition) is 6. The summed E-state index contributed by atoms with van der Waals surface area (Å²) < 4.78 is 33.7. The van der Waals surface area contributed by atoms with Crippen LogP contribution in [0.1, 0.15) is 30.6 Å². The lowest BCUT2D eigenvalue weighted by Crippen LogP contribution is -2.46. The van der Waals surface area contributed by atoms with E-state index in [1.807, 2.05) is 0 Å². The molecular formula is C17H22ClNO6S. The molecule has 1 amide bonds. The number of sulfone groups is 1. The first-order chi connectivity index (χ1) is 12.2. The lowest BCUT2D eigenvalue weighted by molar-refractivity contribution is -0.141. The van der Waals surface area contributed by atoms with Gasteiger partial charge in [-0.1, -0.05) is 11.6 Å². The Morgan fingerprint density at radius 3 is 2.62 bits per heavy atom. The summed E-state index contributed by atoms with van der Waals surface area (Å²) in [6.07, 6.45) is -0.667. The molecule has 2 rings (SSSR count). The quantitative estimate of drug-likeness (QED) is 0.674. The van der Waals surface area contributed by atoms with Crippen molar-refractivity contribution in [3.63, 3.8) is 0 Å². The maximum atomic E-state index is 12.7. The van der Waals surface area contributed by atoms with E-state index < -0.39 is 27.8 Å². The molecule has 144 valence electrons. The normalized spacial score (nSPS) is 19.6. The molecule has 0 radical (unpaired) electrons. The molecule has 9 heteroatoms. The van der Waals surface area contributed by atoms with Crippen molar-refractivity contribution in [3.05, 3.63) is 28.8 Å². The number of nitrogens with zero attached hydrogens (tertiary/aromatic N) is 1. The van der Waals surface area contributed by atoms with Gasteiger partial charge in [0, 0.05) is 17.6 Å². The summed E-state index contributed by atoms with van der Waals surface area (Å²) in [6, 6.07) is 4.12. The fourth-order valence-electron chi connectivity index (χ4n) is 2.96. The third-order valence-corrected chi connectivity index (χ3v) is 6.27. The van der Waals surface area contributed by atoms with Crippen molar-refractivity contribution in [3.8, 4) is 5.75 Å². The van der Waals surface area contributed by atoms with Crippen molar-refractivity contribution in [2.75, 3.05) is 25.2 Å². The number of carbonyl (C=O) groups is 2. The summed E-state index contributed by atoms with van der Waals surface area (Å²) in [5.74, 6) is -0.873. The van der Waals surface area contributed by atoms with Crippen LogP contribution in [0, 0.1) is 0 Å². The number of methoxy groups -OCH3 is 1. The molecular weight excluding hydrogens is 382 g/mol. The lowest BCUT2D eigenvalue weighted by atomic mass is 10.2. The van der Waals surface area contributed by atoms with Gasteiger partial charge in [0.15, 0.2) is 15.9 Å². The molecule has 1 aromatic carbocycles. The van der Waals surface area contributed by atoms with Crippen molar-refractivity contribution in [2.45, 2.75) is 32.4 Å². The molecule has 2 atom stereocenters. The van der Waals surface area contributed by atoms with Gasteiger partial charge in [0.25, 0.3) is 5.91 Å². The number of amides is 1. The van der Waals surface area contributed by atoms with E-state index >= 15 is 0 Å². The molecule has 1 saturated heterocycles. The van der Waals surface area contributed by atoms with E-state index in [2.05, 4.69) is 0 Å². The lowest BCUT2D eigenvalue weighted by Gasteiger charge is -2.29. The Bertz CT molecular complexity index is 794. The van der Waals surface area contributed by atoms with E-state index in [1.54, 1.807) is 13.0 Å². The van der Waals surface area contributed by atoms with Crippen LogP contribution >= 0.6 is 11.6 Å². The zero-order valence-electron chi connectivity index (χ0n) is 14.9. The third-order valence-electron chi connectivity index (χ3n) is 4.29. The summed E-state index contributed by atoms with van der Waals surface area (Å²) >= 11 is 5.91. The van der Waals surface area contributed by atoms with Crippen molar-refractivity contribution < 1.29 is 27.5 Å². The number of halogens is 1. The highest BCUT2D eigenvalue weighted by atomic mass is 35.5. The molecule has 0 spiro atoms. The van der Waals surface area contributed by atoms with Gasteiger partial charge in [-0.15, -0.1) is 0 Å². The van der Waals surface area contributed by atoms with Crippen LogP contribution in [0.3, 0.4) is 0 Å². The topological polar surface area (TPSA) is 90.0 Å². The summed E-state index contributed by atoms with van der Waals surface area (Å²) in [6.45, 7) is 3.56. The number of hydrogen-bond donors (Lipinski definition) is 0. The molecule has 1 aliphatic heterocycles. The van der Waals surface area contributed by atoms with E-state index in [-0.39, 0.29) is 28.9 Å². The van der Waals surface area contributed by atoms with Gasteiger partial charge in [-0.05, 0) is 38.5 Å². The number of ether oxygens (including phenoxy) is 2. The molecule has 1 aliphatic rings. The fourth-order valence-corrected chi connectivity index (χ4v) is 4.87. The molecule has 26 heavy (non-hydrogen) atoms. The Morgan fingerprint density at radius 1 is 1.38 bits per heavy atom. The number of rotatable bonds is 6. The standard InChI is InChI=1S/C17H22ClNO6S/c1-4-19(13-7-8-26(22,23)10-13)16(20)11(2)25-17(21)14-9-12(18)5-6-15(14)24-3/h5-6,9,11,13H,4,7-8,10H2,1-3H3/t11-,13-/m1/s1. The van der Waals surface area contributed by atoms with Crippen LogP contribution in [0.4, 0.5) is 0 Å².